The molecule has 0 aliphatic heterocycles. The van der Waals surface area contributed by atoms with Gasteiger partial charge < -0.3 is 19.9 Å². The minimum absolute atomic E-state index is 0. The van der Waals surface area contributed by atoms with Crippen molar-refractivity contribution in [2.75, 3.05) is 41.3 Å². The maximum atomic E-state index is 13.7. The molecule has 38 heavy (non-hydrogen) atoms. The Bertz CT molecular complexity index is 1980. The third kappa shape index (κ3) is 4.19. The molecule has 0 aliphatic rings. The number of halogens is 2. The molecule has 0 unspecified atom stereocenters. The smallest absolute Gasteiger partial charge is 0.335 e. The van der Waals surface area contributed by atoms with Crippen LogP contribution in [0.1, 0.15) is 0 Å². The molecular formula is C24H26Cl2N6O6. The number of pyridine rings is 2. The van der Waals surface area contributed by atoms with E-state index >= 15 is 0 Å². The van der Waals surface area contributed by atoms with E-state index in [1.807, 2.05) is 23.9 Å². The molecule has 202 valence electrons. The fraction of sp³-hybridized carbons (Fsp3) is 0.333. The Balaban J connectivity index is 0.00000200. The number of hydrogen-bond acceptors (Lipinski definition) is 9. The third-order valence-corrected chi connectivity index (χ3v) is 6.51. The van der Waals surface area contributed by atoms with Gasteiger partial charge in [0.05, 0.1) is 16.3 Å². The van der Waals surface area contributed by atoms with E-state index in [4.69, 9.17) is 0 Å². The van der Waals surface area contributed by atoms with Crippen LogP contribution in [0.4, 0.5) is 0 Å². The molecule has 0 saturated carbocycles. The first kappa shape index (κ1) is 29.0. The second-order valence-electron chi connectivity index (χ2n) is 9.40. The molecule has 12 nitrogen and oxygen atoms in total. The zero-order chi connectivity index (χ0) is 26.0. The number of aromatic nitrogens is 4. The highest BCUT2D eigenvalue weighted by Gasteiger charge is 2.26. The van der Waals surface area contributed by atoms with Crippen LogP contribution in [0.15, 0.2) is 36.1 Å². The van der Waals surface area contributed by atoms with Gasteiger partial charge in [-0.3, -0.25) is 33.1 Å². The number of H-pyrrole nitrogens is 1. The van der Waals surface area contributed by atoms with Gasteiger partial charge in [0.1, 0.15) is 5.52 Å². The predicted molar refractivity (Wildman–Crippen MR) is 152 cm³/mol. The zero-order valence-corrected chi connectivity index (χ0v) is 22.7. The van der Waals surface area contributed by atoms with Crippen LogP contribution >= 0.6 is 24.8 Å². The van der Waals surface area contributed by atoms with Crippen molar-refractivity contribution in [3.63, 3.8) is 0 Å². The number of likely N-dealkylation sites (N-methyl/N-ethyl adjacent to an activating group) is 2. The molecule has 0 spiro atoms. The molecule has 2 aromatic carbocycles. The van der Waals surface area contributed by atoms with Crippen molar-refractivity contribution in [3.05, 3.63) is 63.9 Å². The van der Waals surface area contributed by atoms with Crippen molar-refractivity contribution in [3.8, 4) is 5.88 Å². The van der Waals surface area contributed by atoms with E-state index in [-0.39, 0.29) is 87.1 Å². The van der Waals surface area contributed by atoms with Crippen LogP contribution in [0.25, 0.3) is 43.4 Å². The van der Waals surface area contributed by atoms with Crippen LogP contribution < -0.4 is 27.8 Å². The molecule has 0 radical (unpaired) electrons. The van der Waals surface area contributed by atoms with Gasteiger partial charge in [-0.2, -0.15) is 0 Å². The van der Waals surface area contributed by atoms with E-state index in [2.05, 4.69) is 9.97 Å². The maximum Gasteiger partial charge on any atom is 0.335 e. The summed E-state index contributed by atoms with van der Waals surface area (Å²) in [6.45, 7) is 1.05. The normalized spacial score (nSPS) is 11.7. The van der Waals surface area contributed by atoms with Gasteiger partial charge in [-0.1, -0.05) is 0 Å². The Morgan fingerprint density at radius 1 is 0.763 bits per heavy atom. The van der Waals surface area contributed by atoms with Gasteiger partial charge in [0.25, 0.3) is 16.7 Å². The summed E-state index contributed by atoms with van der Waals surface area (Å²) in [5.74, 6) is -0.326. The van der Waals surface area contributed by atoms with Crippen molar-refractivity contribution in [1.29, 1.82) is 0 Å². The number of nitrogens with one attached hydrogen (secondary N) is 1. The molecule has 3 aromatic heterocycles. The lowest BCUT2D eigenvalue weighted by Gasteiger charge is -2.19. The second kappa shape index (κ2) is 10.3. The average Bonchev–Trinajstić information content (AvgIpc) is 2.81. The van der Waals surface area contributed by atoms with Crippen molar-refractivity contribution in [1.82, 2.24) is 28.9 Å². The molecule has 5 rings (SSSR count). The van der Waals surface area contributed by atoms with Gasteiger partial charge in [0.15, 0.2) is 0 Å². The Kier molecular flexibility index (Phi) is 7.85. The van der Waals surface area contributed by atoms with E-state index < -0.39 is 27.8 Å². The molecule has 5 aromatic rings. The molecule has 0 aliphatic carbocycles. The molecular weight excluding hydrogens is 539 g/mol. The number of hydrogen-bond donors (Lipinski definition) is 2. The number of nitrogens with zero attached hydrogens (tertiary/aromatic N) is 5. The fourth-order valence-corrected chi connectivity index (χ4v) is 4.71. The van der Waals surface area contributed by atoms with Crippen LogP contribution in [-0.2, 0) is 13.1 Å². The quantitative estimate of drug-likeness (QED) is 0.164. The summed E-state index contributed by atoms with van der Waals surface area (Å²) in [7, 11) is 7.23. The minimum atomic E-state index is -1.11. The van der Waals surface area contributed by atoms with Gasteiger partial charge in [-0.05, 0) is 40.3 Å². The Hall–Kier alpha value is -3.58. The number of benzene rings is 2. The lowest BCUT2D eigenvalue weighted by molar-refractivity contribution is 0.353. The fourth-order valence-electron chi connectivity index (χ4n) is 4.71. The SMILES string of the molecule is CN(C)CCn1c(O)c2ccc3c(=O)n(CCN(C)C)c(=O)c4c5[nH]c(=O)c(=O)nc5c(c1=O)c2c34.Cl.Cl. The summed E-state index contributed by atoms with van der Waals surface area (Å²) >= 11 is 0. The van der Waals surface area contributed by atoms with Gasteiger partial charge >= 0.3 is 11.1 Å². The first-order chi connectivity index (χ1) is 17.0. The molecule has 14 heteroatoms. The molecule has 0 bridgehead atoms. The van der Waals surface area contributed by atoms with E-state index in [1.54, 1.807) is 14.1 Å². The van der Waals surface area contributed by atoms with E-state index in [0.29, 0.717) is 13.1 Å². The molecule has 0 atom stereocenters. The van der Waals surface area contributed by atoms with Crippen molar-refractivity contribution in [2.45, 2.75) is 13.1 Å². The summed E-state index contributed by atoms with van der Waals surface area (Å²) in [5.41, 5.74) is -4.28. The lowest BCUT2D eigenvalue weighted by Crippen LogP contribution is -2.37. The van der Waals surface area contributed by atoms with Crippen molar-refractivity contribution >= 4 is 68.2 Å². The van der Waals surface area contributed by atoms with Gasteiger partial charge in [0.2, 0.25) is 5.88 Å². The third-order valence-electron chi connectivity index (χ3n) is 6.51. The molecule has 0 fully saturated rings. The number of aromatic hydroxyl groups is 1. The summed E-state index contributed by atoms with van der Waals surface area (Å²) < 4.78 is 2.23. The predicted octanol–water partition coefficient (Wildman–Crippen LogP) is -0.0255. The molecule has 0 amide bonds. The first-order valence-corrected chi connectivity index (χ1v) is 11.3. The van der Waals surface area contributed by atoms with Crippen molar-refractivity contribution in [2.24, 2.45) is 0 Å². The van der Waals surface area contributed by atoms with Crippen molar-refractivity contribution < 1.29 is 5.11 Å². The standard InChI is InChI=1S/C24H24N6O6.2ClH/c1-27(2)7-9-29-21(33)11-5-6-12-14-13(11)15(23(29)35)17-18(26-20(32)19(31)25-17)16(14)24(36)30(22(12)34)10-8-28(3)4;;/h5-6,33H,7-10H2,1-4H3,(H,26,32);2*1H. The monoisotopic (exact) mass is 564 g/mol. The highest BCUT2D eigenvalue weighted by molar-refractivity contribution is 6.32. The molecule has 0 saturated heterocycles. The van der Waals surface area contributed by atoms with Gasteiger partial charge in [-0.15, -0.1) is 24.8 Å². The first-order valence-electron chi connectivity index (χ1n) is 11.3. The molecule has 2 N–H and O–H groups in total. The Morgan fingerprint density at radius 2 is 1.29 bits per heavy atom. The summed E-state index contributed by atoms with van der Waals surface area (Å²) in [6, 6.07) is 3.01. The van der Waals surface area contributed by atoms with Crippen LogP contribution in [0.3, 0.4) is 0 Å². The van der Waals surface area contributed by atoms with Gasteiger partial charge in [0, 0.05) is 47.7 Å². The molecule has 3 heterocycles. The summed E-state index contributed by atoms with van der Waals surface area (Å²) in [5, 5.41) is 11.7. The lowest BCUT2D eigenvalue weighted by atomic mass is 9.94. The van der Waals surface area contributed by atoms with Crippen LogP contribution in [0.2, 0.25) is 0 Å². The van der Waals surface area contributed by atoms with Crippen LogP contribution in [0, 0.1) is 0 Å². The van der Waals surface area contributed by atoms with Crippen LogP contribution in [0.5, 0.6) is 5.88 Å². The zero-order valence-electron chi connectivity index (χ0n) is 21.0. The average molecular weight is 565 g/mol. The number of aromatic amines is 1. The second-order valence-corrected chi connectivity index (χ2v) is 9.40. The van der Waals surface area contributed by atoms with Gasteiger partial charge in [-0.25, -0.2) is 4.98 Å². The summed E-state index contributed by atoms with van der Waals surface area (Å²) in [6.07, 6.45) is 0. The highest BCUT2D eigenvalue weighted by atomic mass is 35.5. The largest absolute Gasteiger partial charge is 0.494 e. The maximum absolute atomic E-state index is 13.7. The summed E-state index contributed by atoms with van der Waals surface area (Å²) in [4.78, 5) is 75.2. The van der Waals surface area contributed by atoms with Crippen LogP contribution in [-0.4, -0.2) is 75.3 Å². The Labute approximate surface area is 226 Å². The van der Waals surface area contributed by atoms with E-state index in [0.717, 1.165) is 9.13 Å². The highest BCUT2D eigenvalue weighted by Crippen LogP contribution is 2.38. The minimum Gasteiger partial charge on any atom is -0.494 e. The number of rotatable bonds is 6. The van der Waals surface area contributed by atoms with E-state index in [9.17, 15) is 29.1 Å². The topological polar surface area (TPSA) is 151 Å². The number of fused-ring (bicyclic) bond motifs is 3. The Morgan fingerprint density at radius 3 is 1.89 bits per heavy atom. The van der Waals surface area contributed by atoms with E-state index in [1.165, 1.54) is 12.1 Å².